The summed E-state index contributed by atoms with van der Waals surface area (Å²) in [6.45, 7) is 1.17. The number of carbonyl (C=O) groups is 2. The van der Waals surface area contributed by atoms with Crippen molar-refractivity contribution in [3.63, 3.8) is 0 Å². The van der Waals surface area contributed by atoms with Gasteiger partial charge in [-0.2, -0.15) is 0 Å². The number of benzene rings is 1. The van der Waals surface area contributed by atoms with E-state index in [-0.39, 0.29) is 17.7 Å². The van der Waals surface area contributed by atoms with E-state index >= 15 is 0 Å². The van der Waals surface area contributed by atoms with Crippen LogP contribution in [0.2, 0.25) is 5.02 Å². The lowest BCUT2D eigenvalue weighted by molar-refractivity contribution is -0.142. The van der Waals surface area contributed by atoms with Gasteiger partial charge in [-0.15, -0.1) is 0 Å². The van der Waals surface area contributed by atoms with Crippen LogP contribution >= 0.6 is 11.6 Å². The van der Waals surface area contributed by atoms with Crippen LogP contribution in [0, 0.1) is 5.92 Å². The molecule has 2 fully saturated rings. The molecule has 4 nitrogen and oxygen atoms in total. The van der Waals surface area contributed by atoms with Crippen LogP contribution < -0.4 is 5.73 Å². The molecule has 2 aliphatic rings. The second kappa shape index (κ2) is 7.14. The quantitative estimate of drug-likeness (QED) is 0.911. The van der Waals surface area contributed by atoms with Gasteiger partial charge in [-0.25, -0.2) is 0 Å². The molecule has 1 atom stereocenters. The predicted octanol–water partition coefficient (Wildman–Crippen LogP) is 3.27. The summed E-state index contributed by atoms with van der Waals surface area (Å²) in [5.74, 6) is -0.369. The molecule has 3 rings (SSSR count). The number of rotatable bonds is 3. The van der Waals surface area contributed by atoms with Crippen LogP contribution in [-0.2, 0) is 15.0 Å². The number of primary amides is 1. The second-order valence-electron chi connectivity index (χ2n) is 7.15. The van der Waals surface area contributed by atoms with Gasteiger partial charge in [-0.3, -0.25) is 9.59 Å². The number of halogens is 1. The molecule has 130 valence electrons. The van der Waals surface area contributed by atoms with Crippen molar-refractivity contribution in [1.29, 1.82) is 0 Å². The zero-order valence-electron chi connectivity index (χ0n) is 14.0. The molecule has 24 heavy (non-hydrogen) atoms. The first kappa shape index (κ1) is 17.3. The number of hydrogen-bond acceptors (Lipinski definition) is 2. The largest absolute Gasteiger partial charge is 0.369 e. The number of amides is 2. The number of piperidine rings is 1. The van der Waals surface area contributed by atoms with Gasteiger partial charge in [0, 0.05) is 18.1 Å². The fourth-order valence-corrected chi connectivity index (χ4v) is 4.45. The Labute approximate surface area is 148 Å². The zero-order chi connectivity index (χ0) is 17.2. The molecule has 0 spiro atoms. The number of nitrogens with zero attached hydrogens (tertiary/aromatic N) is 1. The SMILES string of the molecule is NC(=O)C1CCCN(C(=O)C2(c3cccc(Cl)c3)CCCCC2)C1. The molecular weight excluding hydrogens is 324 g/mol. The zero-order valence-corrected chi connectivity index (χ0v) is 14.7. The molecule has 1 aromatic rings. The van der Waals surface area contributed by atoms with Crippen molar-refractivity contribution in [2.75, 3.05) is 13.1 Å². The summed E-state index contributed by atoms with van der Waals surface area (Å²) in [4.78, 5) is 26.9. The van der Waals surface area contributed by atoms with Crippen molar-refractivity contribution >= 4 is 23.4 Å². The topological polar surface area (TPSA) is 63.4 Å². The lowest BCUT2D eigenvalue weighted by Crippen LogP contribution is -2.52. The van der Waals surface area contributed by atoms with Crippen molar-refractivity contribution < 1.29 is 9.59 Å². The molecule has 0 aromatic heterocycles. The third-order valence-corrected chi connectivity index (χ3v) is 5.84. The first-order valence-electron chi connectivity index (χ1n) is 8.88. The van der Waals surface area contributed by atoms with E-state index in [0.29, 0.717) is 18.1 Å². The summed E-state index contributed by atoms with van der Waals surface area (Å²) in [6, 6.07) is 7.71. The Morgan fingerprint density at radius 1 is 1.17 bits per heavy atom. The predicted molar refractivity (Wildman–Crippen MR) is 94.7 cm³/mol. The van der Waals surface area contributed by atoms with Crippen LogP contribution in [0.3, 0.4) is 0 Å². The Bertz CT molecular complexity index is 626. The molecule has 2 amide bonds. The molecule has 1 aliphatic carbocycles. The summed E-state index contributed by atoms with van der Waals surface area (Å²) in [5.41, 5.74) is 5.99. The average Bonchev–Trinajstić information content (AvgIpc) is 2.61. The van der Waals surface area contributed by atoms with E-state index in [1.165, 1.54) is 6.42 Å². The minimum Gasteiger partial charge on any atom is -0.369 e. The normalized spacial score (nSPS) is 23.7. The highest BCUT2D eigenvalue weighted by Gasteiger charge is 2.44. The van der Waals surface area contributed by atoms with E-state index in [0.717, 1.165) is 44.1 Å². The second-order valence-corrected chi connectivity index (χ2v) is 7.58. The first-order chi connectivity index (χ1) is 11.5. The lowest BCUT2D eigenvalue weighted by Gasteiger charge is -2.42. The van der Waals surface area contributed by atoms with Gasteiger partial charge in [-0.05, 0) is 43.4 Å². The summed E-state index contributed by atoms with van der Waals surface area (Å²) >= 11 is 6.20. The molecule has 1 aromatic carbocycles. The molecular formula is C19H25ClN2O2. The fraction of sp³-hybridized carbons (Fsp3) is 0.579. The maximum absolute atomic E-state index is 13.5. The molecule has 1 aliphatic heterocycles. The van der Waals surface area contributed by atoms with Crippen LogP contribution in [-0.4, -0.2) is 29.8 Å². The third-order valence-electron chi connectivity index (χ3n) is 5.60. The fourth-order valence-electron chi connectivity index (χ4n) is 4.26. The van der Waals surface area contributed by atoms with Crippen molar-refractivity contribution in [3.05, 3.63) is 34.9 Å². The Hall–Kier alpha value is -1.55. The van der Waals surface area contributed by atoms with Gasteiger partial charge < -0.3 is 10.6 Å². The van der Waals surface area contributed by atoms with Gasteiger partial charge in [0.15, 0.2) is 0 Å². The van der Waals surface area contributed by atoms with Crippen LogP contribution in [0.1, 0.15) is 50.5 Å². The summed E-state index contributed by atoms with van der Waals surface area (Å²) < 4.78 is 0. The maximum atomic E-state index is 13.5. The van der Waals surface area contributed by atoms with Crippen molar-refractivity contribution in [2.24, 2.45) is 11.7 Å². The average molecular weight is 349 g/mol. The Kier molecular flexibility index (Phi) is 5.14. The van der Waals surface area contributed by atoms with Crippen molar-refractivity contribution in [3.8, 4) is 0 Å². The Balaban J connectivity index is 1.91. The van der Waals surface area contributed by atoms with E-state index in [2.05, 4.69) is 0 Å². The number of hydrogen-bond donors (Lipinski definition) is 1. The van der Waals surface area contributed by atoms with Gasteiger partial charge in [0.25, 0.3) is 0 Å². The third kappa shape index (κ3) is 3.30. The number of carbonyl (C=O) groups excluding carboxylic acids is 2. The van der Waals surface area contributed by atoms with Crippen LogP contribution in [0.5, 0.6) is 0 Å². The van der Waals surface area contributed by atoms with Crippen LogP contribution in [0.4, 0.5) is 0 Å². The highest BCUT2D eigenvalue weighted by Crippen LogP contribution is 2.42. The van der Waals surface area contributed by atoms with Gasteiger partial charge >= 0.3 is 0 Å². The summed E-state index contributed by atoms with van der Waals surface area (Å²) in [7, 11) is 0. The Morgan fingerprint density at radius 2 is 1.92 bits per heavy atom. The van der Waals surface area contributed by atoms with Crippen LogP contribution in [0.15, 0.2) is 24.3 Å². The highest BCUT2D eigenvalue weighted by atomic mass is 35.5. The molecule has 1 saturated carbocycles. The van der Waals surface area contributed by atoms with Gasteiger partial charge in [0.1, 0.15) is 0 Å². The standard InChI is InChI=1S/C19H25ClN2O2/c20-16-8-4-7-15(12-16)19(9-2-1-3-10-19)18(24)22-11-5-6-14(13-22)17(21)23/h4,7-8,12,14H,1-3,5-6,9-11,13H2,(H2,21,23). The molecule has 0 radical (unpaired) electrons. The maximum Gasteiger partial charge on any atom is 0.233 e. The van der Waals surface area contributed by atoms with E-state index in [4.69, 9.17) is 17.3 Å². The molecule has 1 unspecified atom stereocenters. The van der Waals surface area contributed by atoms with E-state index in [1.807, 2.05) is 29.2 Å². The summed E-state index contributed by atoms with van der Waals surface area (Å²) in [6.07, 6.45) is 6.58. The van der Waals surface area contributed by atoms with Crippen molar-refractivity contribution in [2.45, 2.75) is 50.4 Å². The van der Waals surface area contributed by atoms with Gasteiger partial charge in [0.2, 0.25) is 11.8 Å². The van der Waals surface area contributed by atoms with Crippen LogP contribution in [0.25, 0.3) is 0 Å². The number of likely N-dealkylation sites (tertiary alicyclic amines) is 1. The first-order valence-corrected chi connectivity index (χ1v) is 9.25. The van der Waals surface area contributed by atoms with Crippen molar-refractivity contribution in [1.82, 2.24) is 4.90 Å². The highest BCUT2D eigenvalue weighted by molar-refractivity contribution is 6.30. The minimum atomic E-state index is -0.497. The molecule has 1 saturated heterocycles. The monoisotopic (exact) mass is 348 g/mol. The summed E-state index contributed by atoms with van der Waals surface area (Å²) in [5, 5.41) is 0.666. The Morgan fingerprint density at radius 3 is 2.58 bits per heavy atom. The van der Waals surface area contributed by atoms with E-state index < -0.39 is 5.41 Å². The smallest absolute Gasteiger partial charge is 0.233 e. The number of nitrogens with two attached hydrogens (primary N) is 1. The lowest BCUT2D eigenvalue weighted by atomic mass is 9.68. The molecule has 1 heterocycles. The minimum absolute atomic E-state index is 0.149. The molecule has 5 heteroatoms. The van der Waals surface area contributed by atoms with Gasteiger partial charge in [0.05, 0.1) is 11.3 Å². The van der Waals surface area contributed by atoms with Gasteiger partial charge in [-0.1, -0.05) is 43.0 Å². The molecule has 0 bridgehead atoms. The van der Waals surface area contributed by atoms with E-state index in [1.54, 1.807) is 0 Å². The van der Waals surface area contributed by atoms with E-state index in [9.17, 15) is 9.59 Å². The molecule has 2 N–H and O–H groups in total.